The third-order valence-electron chi connectivity index (χ3n) is 4.28. The molecule has 116 valence electrons. The van der Waals surface area contributed by atoms with Crippen LogP contribution in [0.25, 0.3) is 0 Å². The highest BCUT2D eigenvalue weighted by Crippen LogP contribution is 2.28. The van der Waals surface area contributed by atoms with Gasteiger partial charge in [-0.05, 0) is 51.7 Å². The van der Waals surface area contributed by atoms with Crippen LogP contribution in [0.3, 0.4) is 0 Å². The molecule has 2 fully saturated rings. The molecule has 3 unspecified atom stereocenters. The summed E-state index contributed by atoms with van der Waals surface area (Å²) in [5.74, 6) is 0.396. The molecule has 1 saturated carbocycles. The maximum atomic E-state index is 11.4. The van der Waals surface area contributed by atoms with E-state index < -0.39 is 11.5 Å². The van der Waals surface area contributed by atoms with Crippen molar-refractivity contribution < 1.29 is 14.6 Å². The van der Waals surface area contributed by atoms with E-state index in [9.17, 15) is 9.90 Å². The number of aliphatic carboxylic acids is 1. The van der Waals surface area contributed by atoms with Crippen LogP contribution in [0.1, 0.15) is 52.4 Å². The minimum atomic E-state index is -0.740. The molecule has 5 heteroatoms. The van der Waals surface area contributed by atoms with Crippen molar-refractivity contribution in [3.05, 3.63) is 0 Å². The van der Waals surface area contributed by atoms with Crippen molar-refractivity contribution in [1.29, 1.82) is 0 Å². The van der Waals surface area contributed by atoms with Gasteiger partial charge in [-0.3, -0.25) is 10.1 Å². The lowest BCUT2D eigenvalue weighted by molar-refractivity contribution is -0.144. The average molecular weight is 301 g/mol. The van der Waals surface area contributed by atoms with Crippen LogP contribution in [-0.2, 0) is 9.53 Å². The highest BCUT2D eigenvalue weighted by molar-refractivity contribution is 7.99. The van der Waals surface area contributed by atoms with Crippen LogP contribution >= 0.6 is 11.8 Å². The lowest BCUT2D eigenvalue weighted by Crippen LogP contribution is -2.50. The van der Waals surface area contributed by atoms with Gasteiger partial charge in [0.15, 0.2) is 0 Å². The molecule has 0 spiro atoms. The predicted octanol–water partition coefficient (Wildman–Crippen LogP) is 2.66. The first-order chi connectivity index (χ1) is 9.51. The van der Waals surface area contributed by atoms with Crippen LogP contribution in [0, 0.1) is 0 Å². The van der Waals surface area contributed by atoms with Gasteiger partial charge in [0.1, 0.15) is 5.54 Å². The van der Waals surface area contributed by atoms with Gasteiger partial charge in [-0.2, -0.15) is 11.8 Å². The maximum absolute atomic E-state index is 11.4. The van der Waals surface area contributed by atoms with E-state index in [2.05, 4.69) is 12.2 Å². The van der Waals surface area contributed by atoms with Gasteiger partial charge in [-0.1, -0.05) is 6.42 Å². The Bertz CT molecular complexity index is 335. The zero-order valence-electron chi connectivity index (χ0n) is 12.6. The summed E-state index contributed by atoms with van der Waals surface area (Å²) < 4.78 is 5.55. The summed E-state index contributed by atoms with van der Waals surface area (Å²) in [7, 11) is 0. The smallest absolute Gasteiger partial charge is 0.323 e. The van der Waals surface area contributed by atoms with Crippen molar-refractivity contribution in [2.75, 3.05) is 12.4 Å². The van der Waals surface area contributed by atoms with E-state index >= 15 is 0 Å². The average Bonchev–Trinajstić information content (AvgIpc) is 3.10. The predicted molar refractivity (Wildman–Crippen MR) is 82.3 cm³/mol. The van der Waals surface area contributed by atoms with Gasteiger partial charge < -0.3 is 9.84 Å². The summed E-state index contributed by atoms with van der Waals surface area (Å²) in [5, 5.41) is 13.3. The van der Waals surface area contributed by atoms with Crippen LogP contribution in [-0.4, -0.2) is 46.4 Å². The molecule has 1 heterocycles. The van der Waals surface area contributed by atoms with Crippen molar-refractivity contribution in [2.45, 2.75) is 75.3 Å². The van der Waals surface area contributed by atoms with E-state index in [1.54, 1.807) is 0 Å². The Labute approximate surface area is 126 Å². The van der Waals surface area contributed by atoms with Crippen LogP contribution in [0.15, 0.2) is 0 Å². The van der Waals surface area contributed by atoms with Crippen molar-refractivity contribution in [3.63, 3.8) is 0 Å². The van der Waals surface area contributed by atoms with Crippen molar-refractivity contribution in [3.8, 4) is 0 Å². The Balaban J connectivity index is 1.61. The number of hydrogen-bond donors (Lipinski definition) is 2. The van der Waals surface area contributed by atoms with Crippen molar-refractivity contribution in [1.82, 2.24) is 5.32 Å². The van der Waals surface area contributed by atoms with Gasteiger partial charge in [-0.15, -0.1) is 0 Å². The molecule has 3 atom stereocenters. The third kappa shape index (κ3) is 4.64. The number of carboxylic acids is 1. The summed E-state index contributed by atoms with van der Waals surface area (Å²) in [6.07, 6.45) is 6.55. The van der Waals surface area contributed by atoms with E-state index in [4.69, 9.17) is 4.74 Å². The van der Waals surface area contributed by atoms with Gasteiger partial charge in [0.05, 0.1) is 6.10 Å². The first kappa shape index (κ1) is 16.1. The Hall–Kier alpha value is -0.260. The summed E-state index contributed by atoms with van der Waals surface area (Å²) >= 11 is 1.98. The maximum Gasteiger partial charge on any atom is 0.323 e. The molecule has 0 aromatic carbocycles. The quantitative estimate of drug-likeness (QED) is 0.641. The molecular formula is C15H27NO3S. The molecule has 0 aromatic rings. The molecule has 1 aliphatic heterocycles. The molecule has 2 aliphatic rings. The molecule has 0 amide bonds. The number of ether oxygens (including phenoxy) is 1. The fourth-order valence-electron chi connectivity index (χ4n) is 2.67. The van der Waals surface area contributed by atoms with E-state index in [1.165, 1.54) is 0 Å². The van der Waals surface area contributed by atoms with Gasteiger partial charge in [-0.25, -0.2) is 0 Å². The highest BCUT2D eigenvalue weighted by atomic mass is 32.2. The molecule has 2 rings (SSSR count). The van der Waals surface area contributed by atoms with Crippen molar-refractivity contribution in [2.24, 2.45) is 0 Å². The standard InChI is InChI=1S/C15H27NO3S/c1-11-13(7-9-19-11)20-10-4-3-8-15(2,14(17)18)16-12-5-6-12/h11-13,16H,3-10H2,1-2H3,(H,17,18). The number of thioether (sulfide) groups is 1. The number of carbonyl (C=O) groups is 1. The normalized spacial score (nSPS) is 29.3. The summed E-state index contributed by atoms with van der Waals surface area (Å²) in [4.78, 5) is 11.4. The molecular weight excluding hydrogens is 274 g/mol. The fraction of sp³-hybridized carbons (Fsp3) is 0.933. The molecule has 1 aliphatic carbocycles. The Kier molecular flexibility index (Phi) is 5.75. The molecule has 0 bridgehead atoms. The molecule has 2 N–H and O–H groups in total. The largest absolute Gasteiger partial charge is 0.480 e. The van der Waals surface area contributed by atoms with E-state index in [1.807, 2.05) is 18.7 Å². The zero-order valence-corrected chi connectivity index (χ0v) is 13.4. The van der Waals surface area contributed by atoms with Crippen molar-refractivity contribution >= 4 is 17.7 Å². The monoisotopic (exact) mass is 301 g/mol. The second-order valence-electron chi connectivity index (χ2n) is 6.29. The summed E-state index contributed by atoms with van der Waals surface area (Å²) in [6.45, 7) is 4.86. The van der Waals surface area contributed by atoms with Crippen LogP contribution < -0.4 is 5.32 Å². The van der Waals surface area contributed by atoms with Crippen LogP contribution in [0.4, 0.5) is 0 Å². The second-order valence-corrected chi connectivity index (χ2v) is 7.63. The Morgan fingerprint density at radius 2 is 2.15 bits per heavy atom. The van der Waals surface area contributed by atoms with E-state index in [0.717, 1.165) is 50.9 Å². The molecule has 4 nitrogen and oxygen atoms in total. The number of hydrogen-bond acceptors (Lipinski definition) is 4. The lowest BCUT2D eigenvalue weighted by atomic mass is 9.95. The highest BCUT2D eigenvalue weighted by Gasteiger charge is 2.37. The third-order valence-corrected chi connectivity index (χ3v) is 5.85. The fourth-order valence-corrected chi connectivity index (χ4v) is 3.95. The first-order valence-corrected chi connectivity index (χ1v) is 8.80. The zero-order chi connectivity index (χ0) is 14.6. The van der Waals surface area contributed by atoms with Crippen LogP contribution in [0.5, 0.6) is 0 Å². The van der Waals surface area contributed by atoms with Gasteiger partial charge in [0.25, 0.3) is 0 Å². The first-order valence-electron chi connectivity index (χ1n) is 7.75. The number of rotatable bonds is 9. The van der Waals surface area contributed by atoms with E-state index in [-0.39, 0.29) is 0 Å². The number of carboxylic acid groups (broad SMARTS) is 1. The Morgan fingerprint density at radius 1 is 1.40 bits per heavy atom. The van der Waals surface area contributed by atoms with Gasteiger partial charge in [0.2, 0.25) is 0 Å². The minimum Gasteiger partial charge on any atom is -0.480 e. The van der Waals surface area contributed by atoms with Gasteiger partial charge >= 0.3 is 5.97 Å². The Morgan fingerprint density at radius 3 is 2.70 bits per heavy atom. The molecule has 0 aromatic heterocycles. The lowest BCUT2D eigenvalue weighted by Gasteiger charge is -2.26. The molecule has 1 saturated heterocycles. The molecule has 0 radical (unpaired) electrons. The van der Waals surface area contributed by atoms with E-state index in [0.29, 0.717) is 17.4 Å². The SMILES string of the molecule is CC1OCCC1SCCCCC(C)(NC1CC1)C(=O)O. The van der Waals surface area contributed by atoms with Crippen LogP contribution in [0.2, 0.25) is 0 Å². The summed E-state index contributed by atoms with van der Waals surface area (Å²) in [6, 6.07) is 0.432. The topological polar surface area (TPSA) is 58.6 Å². The minimum absolute atomic E-state index is 0.376. The number of nitrogens with one attached hydrogen (secondary N) is 1. The van der Waals surface area contributed by atoms with Gasteiger partial charge in [0, 0.05) is 17.9 Å². The second kappa shape index (κ2) is 7.14. The molecule has 20 heavy (non-hydrogen) atoms. The summed E-state index contributed by atoms with van der Waals surface area (Å²) in [5.41, 5.74) is -0.740. The number of unbranched alkanes of at least 4 members (excludes halogenated alkanes) is 1.